The van der Waals surface area contributed by atoms with E-state index in [2.05, 4.69) is 19.2 Å². The fourth-order valence-corrected chi connectivity index (χ4v) is 0.857. The predicted molar refractivity (Wildman–Crippen MR) is 49.1 cm³/mol. The summed E-state index contributed by atoms with van der Waals surface area (Å²) < 4.78 is 0. The monoisotopic (exact) mass is 163 g/mol. The van der Waals surface area contributed by atoms with E-state index < -0.39 is 10.9 Å². The molecule has 0 aliphatic carbocycles. The van der Waals surface area contributed by atoms with Gasteiger partial charge in [0, 0.05) is 6.54 Å². The molecule has 0 unspecified atom stereocenters. The quantitative estimate of drug-likeness (QED) is 0.595. The molecule has 10 heavy (non-hydrogen) atoms. The molecule has 0 aromatic carbocycles. The molecule has 2 nitrogen and oxygen atoms in total. The Kier molecular flexibility index (Phi) is 4.52. The van der Waals surface area contributed by atoms with Gasteiger partial charge in [-0.15, -0.1) is 0 Å². The second-order valence-corrected chi connectivity index (χ2v) is 5.17. The van der Waals surface area contributed by atoms with Crippen LogP contribution in [0.25, 0.3) is 0 Å². The summed E-state index contributed by atoms with van der Waals surface area (Å²) >= 11 is 0. The lowest BCUT2D eigenvalue weighted by Crippen LogP contribution is -2.25. The number of hydrogen-bond donors (Lipinski definition) is 2. The number of hydrogen-bond acceptors (Lipinski definition) is 1. The van der Waals surface area contributed by atoms with Crippen molar-refractivity contribution in [2.24, 2.45) is 5.92 Å². The number of carbonyl (C=O) groups is 1. The van der Waals surface area contributed by atoms with Gasteiger partial charge in [-0.05, 0) is 18.4 Å². The van der Waals surface area contributed by atoms with Gasteiger partial charge in [0.2, 0.25) is 0 Å². The third kappa shape index (κ3) is 4.68. The van der Waals surface area contributed by atoms with Crippen molar-refractivity contribution in [1.82, 2.24) is 5.32 Å². The molecule has 0 radical (unpaired) electrons. The number of carbonyl (C=O) groups excluding carboxylic acids is 1. The molecule has 0 heterocycles. The molecule has 0 aliphatic heterocycles. The first-order chi connectivity index (χ1) is 4.54. The lowest BCUT2D eigenvalue weighted by molar-refractivity contribution is 0.259. The van der Waals surface area contributed by atoms with E-state index in [1.807, 2.05) is 12.5 Å². The van der Waals surface area contributed by atoms with Crippen LogP contribution in [-0.4, -0.2) is 24.3 Å². The maximum atomic E-state index is 11.0. The summed E-state index contributed by atoms with van der Waals surface area (Å²) in [6.07, 6.45) is 3.93. The van der Waals surface area contributed by atoms with Crippen molar-refractivity contribution in [1.29, 1.82) is 0 Å². The van der Waals surface area contributed by atoms with Crippen molar-refractivity contribution >= 4 is 16.1 Å². The van der Waals surface area contributed by atoms with Crippen LogP contribution >= 0.6 is 10.9 Å². The Morgan fingerprint density at radius 3 is 2.30 bits per heavy atom. The van der Waals surface area contributed by atoms with E-state index in [4.69, 9.17) is 0 Å². The van der Waals surface area contributed by atoms with Gasteiger partial charge >= 0.3 is 0 Å². The van der Waals surface area contributed by atoms with Gasteiger partial charge in [0.05, 0.1) is 0 Å². The topological polar surface area (TPSA) is 29.1 Å². The minimum absolute atomic E-state index is 0.212. The normalized spacial score (nSPS) is 11.5. The summed E-state index contributed by atoms with van der Waals surface area (Å²) in [5.41, 5.74) is 0. The van der Waals surface area contributed by atoms with Crippen molar-refractivity contribution in [3.05, 3.63) is 0 Å². The number of amides is 1. The molecule has 0 saturated carbocycles. The Morgan fingerprint density at radius 1 is 1.50 bits per heavy atom. The highest BCUT2D eigenvalue weighted by Crippen LogP contribution is 2.13. The number of nitrogens with one attached hydrogen (secondary N) is 1. The highest BCUT2D eigenvalue weighted by Gasteiger charge is 2.02. The standard InChI is InChI=1S/C7H17NOS/c1-6(2)5-8-7(9)10(3)4/h6,10H,5H2,1-4H3,(H,8,9). The van der Waals surface area contributed by atoms with Crippen LogP contribution in [0, 0.1) is 5.92 Å². The Hall–Kier alpha value is -0.180. The zero-order valence-corrected chi connectivity index (χ0v) is 8.03. The Labute approximate surface area is 65.7 Å². The molecule has 0 spiro atoms. The van der Waals surface area contributed by atoms with Gasteiger partial charge in [-0.3, -0.25) is 4.79 Å². The van der Waals surface area contributed by atoms with E-state index in [9.17, 15) is 4.79 Å². The third-order valence-corrected chi connectivity index (χ3v) is 2.04. The van der Waals surface area contributed by atoms with Crippen LogP contribution in [0.5, 0.6) is 0 Å². The summed E-state index contributed by atoms with van der Waals surface area (Å²) in [6, 6.07) is 0. The van der Waals surface area contributed by atoms with E-state index in [0.717, 1.165) is 6.54 Å². The maximum absolute atomic E-state index is 11.0. The Morgan fingerprint density at radius 2 is 2.00 bits per heavy atom. The fourth-order valence-electron chi connectivity index (χ4n) is 0.450. The van der Waals surface area contributed by atoms with Gasteiger partial charge in [0.1, 0.15) is 0 Å². The second kappa shape index (κ2) is 4.61. The van der Waals surface area contributed by atoms with Crippen molar-refractivity contribution in [2.45, 2.75) is 13.8 Å². The molecule has 1 amide bonds. The summed E-state index contributed by atoms with van der Waals surface area (Å²) in [4.78, 5) is 11.0. The zero-order valence-electron chi connectivity index (χ0n) is 7.14. The van der Waals surface area contributed by atoms with Crippen LogP contribution in [0.1, 0.15) is 13.8 Å². The first-order valence-electron chi connectivity index (χ1n) is 3.49. The van der Waals surface area contributed by atoms with Crippen LogP contribution in [0.4, 0.5) is 4.79 Å². The minimum Gasteiger partial charge on any atom is -0.348 e. The molecule has 0 bridgehead atoms. The SMILES string of the molecule is CC(C)CNC(=O)[SH](C)C. The van der Waals surface area contributed by atoms with Crippen LogP contribution in [0.2, 0.25) is 0 Å². The average molecular weight is 163 g/mol. The lowest BCUT2D eigenvalue weighted by Gasteiger charge is -2.11. The third-order valence-electron chi connectivity index (χ3n) is 1.07. The molecule has 0 aromatic rings. The van der Waals surface area contributed by atoms with Crippen LogP contribution in [0.3, 0.4) is 0 Å². The summed E-state index contributed by atoms with van der Waals surface area (Å²) in [6.45, 7) is 4.99. The first-order valence-corrected chi connectivity index (χ1v) is 5.72. The summed E-state index contributed by atoms with van der Waals surface area (Å²) in [5, 5.41) is 3.08. The number of thiol groups is 1. The first kappa shape index (κ1) is 9.82. The largest absolute Gasteiger partial charge is 0.348 e. The zero-order chi connectivity index (χ0) is 8.15. The van der Waals surface area contributed by atoms with Crippen LogP contribution in [-0.2, 0) is 0 Å². The molecule has 3 heteroatoms. The molecule has 62 valence electrons. The smallest absolute Gasteiger partial charge is 0.258 e. The molecule has 0 rings (SSSR count). The fraction of sp³-hybridized carbons (Fsp3) is 0.857. The molecule has 0 aromatic heterocycles. The predicted octanol–water partition coefficient (Wildman–Crippen LogP) is 1.61. The minimum atomic E-state index is -0.442. The summed E-state index contributed by atoms with van der Waals surface area (Å²) in [5.74, 6) is 0.555. The van der Waals surface area contributed by atoms with Gasteiger partial charge < -0.3 is 5.32 Å². The van der Waals surface area contributed by atoms with Crippen LogP contribution < -0.4 is 5.32 Å². The number of rotatable bonds is 2. The van der Waals surface area contributed by atoms with Crippen molar-refractivity contribution in [3.8, 4) is 0 Å². The van der Waals surface area contributed by atoms with Gasteiger partial charge in [0.25, 0.3) is 5.24 Å². The molecule has 0 aliphatic rings. The van der Waals surface area contributed by atoms with Crippen LogP contribution in [0.15, 0.2) is 0 Å². The molecule has 0 fully saturated rings. The lowest BCUT2D eigenvalue weighted by atomic mass is 10.2. The van der Waals surface area contributed by atoms with E-state index in [-0.39, 0.29) is 5.24 Å². The van der Waals surface area contributed by atoms with E-state index in [1.165, 1.54) is 0 Å². The maximum Gasteiger partial charge on any atom is 0.258 e. The Balaban J connectivity index is 3.40. The van der Waals surface area contributed by atoms with Gasteiger partial charge in [-0.2, -0.15) is 10.9 Å². The second-order valence-electron chi connectivity index (χ2n) is 2.97. The van der Waals surface area contributed by atoms with Gasteiger partial charge in [0.15, 0.2) is 0 Å². The van der Waals surface area contributed by atoms with Gasteiger partial charge in [-0.25, -0.2) is 0 Å². The average Bonchev–Trinajstić information content (AvgIpc) is 1.82. The Bertz CT molecular complexity index is 112. The van der Waals surface area contributed by atoms with E-state index >= 15 is 0 Å². The van der Waals surface area contributed by atoms with Crippen molar-refractivity contribution in [3.63, 3.8) is 0 Å². The highest BCUT2D eigenvalue weighted by atomic mass is 32.2. The van der Waals surface area contributed by atoms with E-state index in [0.29, 0.717) is 5.92 Å². The van der Waals surface area contributed by atoms with Gasteiger partial charge in [-0.1, -0.05) is 13.8 Å². The summed E-state index contributed by atoms with van der Waals surface area (Å²) in [7, 11) is -0.442. The molecular formula is C7H17NOS. The van der Waals surface area contributed by atoms with Crippen molar-refractivity contribution in [2.75, 3.05) is 19.1 Å². The molecule has 1 N–H and O–H groups in total. The van der Waals surface area contributed by atoms with Crippen molar-refractivity contribution < 1.29 is 4.79 Å². The van der Waals surface area contributed by atoms with E-state index in [1.54, 1.807) is 0 Å². The molecule has 0 saturated heterocycles. The highest BCUT2D eigenvalue weighted by molar-refractivity contribution is 8.28. The molecule has 0 atom stereocenters. The molecular weight excluding hydrogens is 146 g/mol.